The highest BCUT2D eigenvalue weighted by atomic mass is 32.1. The number of hydrogen-bond donors (Lipinski definition) is 2. The third-order valence-electron chi connectivity index (χ3n) is 4.74. The number of halogens is 1. The Morgan fingerprint density at radius 3 is 2.81 bits per heavy atom. The van der Waals surface area contributed by atoms with Crippen LogP contribution in [0.3, 0.4) is 0 Å². The van der Waals surface area contributed by atoms with Crippen LogP contribution < -0.4 is 16.1 Å². The van der Waals surface area contributed by atoms with E-state index in [0.717, 1.165) is 6.07 Å². The van der Waals surface area contributed by atoms with Gasteiger partial charge in [0.25, 0.3) is 0 Å². The van der Waals surface area contributed by atoms with E-state index in [1.807, 2.05) is 6.92 Å². The lowest BCUT2D eigenvalue weighted by molar-refractivity contribution is 0.0695. The number of rotatable bonds is 3. The second kappa shape index (κ2) is 6.39. The third-order valence-corrected chi connectivity index (χ3v) is 5.51. The molecular formula is C17H16FN5O3S. The minimum atomic E-state index is -1.39. The molecule has 140 valence electrons. The van der Waals surface area contributed by atoms with E-state index in [1.54, 1.807) is 16.5 Å². The summed E-state index contributed by atoms with van der Waals surface area (Å²) in [6, 6.07) is 0.947. The molecule has 0 bridgehead atoms. The molecule has 1 aliphatic rings. The molecule has 3 aromatic heterocycles. The van der Waals surface area contributed by atoms with Crippen LogP contribution in [-0.4, -0.2) is 44.7 Å². The lowest BCUT2D eigenvalue weighted by Gasteiger charge is -2.19. The molecule has 1 aliphatic heterocycles. The zero-order valence-electron chi connectivity index (χ0n) is 14.3. The molecule has 8 nitrogen and oxygen atoms in total. The van der Waals surface area contributed by atoms with Gasteiger partial charge in [-0.1, -0.05) is 6.92 Å². The molecule has 0 spiro atoms. The summed E-state index contributed by atoms with van der Waals surface area (Å²) in [6.07, 6.45) is 2.73. The summed E-state index contributed by atoms with van der Waals surface area (Å²) < 4.78 is 16.2. The summed E-state index contributed by atoms with van der Waals surface area (Å²) >= 11 is 1.25. The molecule has 4 heterocycles. The van der Waals surface area contributed by atoms with Crippen molar-refractivity contribution in [3.63, 3.8) is 0 Å². The first-order valence-corrected chi connectivity index (χ1v) is 9.14. The maximum absolute atomic E-state index is 14.8. The first-order chi connectivity index (χ1) is 12.9. The highest BCUT2D eigenvalue weighted by molar-refractivity contribution is 7.12. The zero-order chi connectivity index (χ0) is 19.3. The van der Waals surface area contributed by atoms with Crippen LogP contribution in [0.25, 0.3) is 16.2 Å². The number of carboxylic acid groups (broad SMARTS) is 1. The van der Waals surface area contributed by atoms with Gasteiger partial charge in [0.1, 0.15) is 5.56 Å². The average Bonchev–Trinajstić information content (AvgIpc) is 3.25. The Bertz CT molecular complexity index is 1090. The fraction of sp³-hybridized carbons (Fsp3) is 0.294. The molecule has 2 atom stereocenters. The van der Waals surface area contributed by atoms with Gasteiger partial charge in [-0.2, -0.15) is 0 Å². The maximum Gasteiger partial charge on any atom is 0.341 e. The van der Waals surface area contributed by atoms with Gasteiger partial charge in [-0.25, -0.2) is 19.2 Å². The molecule has 0 radical (unpaired) electrons. The Kier molecular flexibility index (Phi) is 4.16. The summed E-state index contributed by atoms with van der Waals surface area (Å²) in [5, 5.41) is 11.4. The average molecular weight is 389 g/mol. The Hall–Kier alpha value is -2.85. The minimum absolute atomic E-state index is 0.0927. The van der Waals surface area contributed by atoms with Crippen molar-refractivity contribution in [2.24, 2.45) is 11.7 Å². The molecule has 4 rings (SSSR count). The van der Waals surface area contributed by atoms with Gasteiger partial charge in [0.15, 0.2) is 22.4 Å². The number of aromatic carboxylic acids is 1. The van der Waals surface area contributed by atoms with Crippen molar-refractivity contribution >= 4 is 34.2 Å². The number of thiazole rings is 1. The van der Waals surface area contributed by atoms with Crippen LogP contribution >= 0.6 is 11.3 Å². The Morgan fingerprint density at radius 1 is 1.44 bits per heavy atom. The fourth-order valence-corrected chi connectivity index (χ4v) is 3.85. The van der Waals surface area contributed by atoms with Crippen molar-refractivity contribution in [1.82, 2.24) is 14.5 Å². The van der Waals surface area contributed by atoms with E-state index in [2.05, 4.69) is 9.97 Å². The number of nitrogens with two attached hydrogens (primary N) is 1. The van der Waals surface area contributed by atoms with Crippen molar-refractivity contribution in [2.45, 2.75) is 13.0 Å². The molecule has 1 fully saturated rings. The van der Waals surface area contributed by atoms with Crippen molar-refractivity contribution in [3.8, 4) is 5.13 Å². The molecule has 0 saturated carbocycles. The van der Waals surface area contributed by atoms with E-state index >= 15 is 0 Å². The summed E-state index contributed by atoms with van der Waals surface area (Å²) in [6.45, 7) is 2.98. The van der Waals surface area contributed by atoms with E-state index in [1.165, 1.54) is 22.1 Å². The molecule has 0 aliphatic carbocycles. The molecule has 0 unspecified atom stereocenters. The summed E-state index contributed by atoms with van der Waals surface area (Å²) in [7, 11) is 0. The summed E-state index contributed by atoms with van der Waals surface area (Å²) in [5.41, 5.74) is 4.94. The van der Waals surface area contributed by atoms with Crippen LogP contribution in [0.1, 0.15) is 17.3 Å². The van der Waals surface area contributed by atoms with Gasteiger partial charge in [-0.15, -0.1) is 11.3 Å². The van der Waals surface area contributed by atoms with Gasteiger partial charge in [-0.3, -0.25) is 9.36 Å². The smallest absolute Gasteiger partial charge is 0.341 e. The van der Waals surface area contributed by atoms with E-state index in [4.69, 9.17) is 5.73 Å². The van der Waals surface area contributed by atoms with Gasteiger partial charge < -0.3 is 15.7 Å². The minimum Gasteiger partial charge on any atom is -0.477 e. The first-order valence-electron chi connectivity index (χ1n) is 8.26. The number of pyridine rings is 2. The normalized spacial score (nSPS) is 19.7. The summed E-state index contributed by atoms with van der Waals surface area (Å²) in [5.74, 6) is -1.81. The van der Waals surface area contributed by atoms with E-state index in [-0.39, 0.29) is 28.8 Å². The molecular weight excluding hydrogens is 373 g/mol. The largest absolute Gasteiger partial charge is 0.477 e. The van der Waals surface area contributed by atoms with Gasteiger partial charge >= 0.3 is 5.97 Å². The predicted molar refractivity (Wildman–Crippen MR) is 99.3 cm³/mol. The van der Waals surface area contributed by atoms with E-state index in [9.17, 15) is 19.1 Å². The highest BCUT2D eigenvalue weighted by Gasteiger charge is 2.30. The van der Waals surface area contributed by atoms with Crippen LogP contribution in [-0.2, 0) is 0 Å². The number of aromatic nitrogens is 3. The Morgan fingerprint density at radius 2 is 2.22 bits per heavy atom. The highest BCUT2D eigenvalue weighted by Crippen LogP contribution is 2.27. The molecule has 27 heavy (non-hydrogen) atoms. The standard InChI is InChI=1S/C17H16FN5O3S/c1-8-5-22(7-12(8)19)15-11(18)4-9-13(24)10(16(25)26)6-23(14(9)21-15)17-20-2-3-27-17/h2-4,6,8,12H,5,7,19H2,1H3,(H,25,26)/t8-,12-/m0/s1. The molecule has 0 amide bonds. The molecule has 0 aromatic carbocycles. The van der Waals surface area contributed by atoms with Gasteiger partial charge in [-0.05, 0) is 12.0 Å². The lowest BCUT2D eigenvalue weighted by atomic mass is 10.1. The van der Waals surface area contributed by atoms with Crippen LogP contribution in [0.4, 0.5) is 10.2 Å². The zero-order valence-corrected chi connectivity index (χ0v) is 15.1. The van der Waals surface area contributed by atoms with Crippen molar-refractivity contribution in [2.75, 3.05) is 18.0 Å². The van der Waals surface area contributed by atoms with Crippen LogP contribution in [0.5, 0.6) is 0 Å². The first kappa shape index (κ1) is 17.6. The molecule has 1 saturated heterocycles. The van der Waals surface area contributed by atoms with Gasteiger partial charge in [0.2, 0.25) is 5.43 Å². The Labute approximate surface area is 156 Å². The van der Waals surface area contributed by atoms with Crippen LogP contribution in [0.15, 0.2) is 28.6 Å². The molecule has 10 heteroatoms. The monoisotopic (exact) mass is 389 g/mol. The van der Waals surface area contributed by atoms with Gasteiger partial charge in [0.05, 0.1) is 5.39 Å². The third kappa shape index (κ3) is 2.86. The van der Waals surface area contributed by atoms with Gasteiger partial charge in [0, 0.05) is 36.9 Å². The number of carboxylic acids is 1. The predicted octanol–water partition coefficient (Wildman–Crippen LogP) is 1.46. The number of carbonyl (C=O) groups is 1. The van der Waals surface area contributed by atoms with Crippen molar-refractivity contribution < 1.29 is 14.3 Å². The number of hydrogen-bond acceptors (Lipinski definition) is 7. The SMILES string of the molecule is C[C@H]1CN(c2nc3c(cc2F)c(=O)c(C(=O)O)cn3-c2nccs2)C[C@@H]1N. The topological polar surface area (TPSA) is 114 Å². The quantitative estimate of drug-likeness (QED) is 0.697. The van der Waals surface area contributed by atoms with Crippen molar-refractivity contribution in [3.05, 3.63) is 45.4 Å². The molecule has 3 aromatic rings. The maximum atomic E-state index is 14.8. The van der Waals surface area contributed by atoms with Crippen molar-refractivity contribution in [1.29, 1.82) is 0 Å². The Balaban J connectivity index is 2.00. The number of nitrogens with zero attached hydrogens (tertiary/aromatic N) is 4. The number of fused-ring (bicyclic) bond motifs is 1. The fourth-order valence-electron chi connectivity index (χ4n) is 3.23. The second-order valence-electron chi connectivity index (χ2n) is 6.57. The second-order valence-corrected chi connectivity index (χ2v) is 7.45. The lowest BCUT2D eigenvalue weighted by Crippen LogP contribution is -2.29. The van der Waals surface area contributed by atoms with Crippen LogP contribution in [0.2, 0.25) is 0 Å². The summed E-state index contributed by atoms with van der Waals surface area (Å²) in [4.78, 5) is 34.3. The van der Waals surface area contributed by atoms with E-state index < -0.39 is 22.8 Å². The van der Waals surface area contributed by atoms with E-state index in [0.29, 0.717) is 18.2 Å². The van der Waals surface area contributed by atoms with Crippen LogP contribution in [0, 0.1) is 11.7 Å². The molecule has 3 N–H and O–H groups in total. The number of anilines is 1.